The van der Waals surface area contributed by atoms with Crippen molar-refractivity contribution in [2.24, 2.45) is 0 Å². The summed E-state index contributed by atoms with van der Waals surface area (Å²) in [4.78, 5) is 16.1. The summed E-state index contributed by atoms with van der Waals surface area (Å²) in [6, 6.07) is 0. The Morgan fingerprint density at radius 3 is 2.35 bits per heavy atom. The third kappa shape index (κ3) is 4.41. The number of ether oxygens (including phenoxy) is 1. The third-order valence-electron chi connectivity index (χ3n) is 3.88. The Morgan fingerprint density at radius 2 is 1.90 bits per heavy atom. The van der Waals surface area contributed by atoms with Crippen LogP contribution in [0.25, 0.3) is 0 Å². The molecule has 2 N–H and O–H groups in total. The minimum atomic E-state index is -0.679. The summed E-state index contributed by atoms with van der Waals surface area (Å²) < 4.78 is 5.68. The lowest BCUT2D eigenvalue weighted by Crippen LogP contribution is -2.60. The molecule has 2 aliphatic heterocycles. The first kappa shape index (κ1) is 15.7. The fourth-order valence-electron chi connectivity index (χ4n) is 2.61. The Hall–Kier alpha value is -0.690. The monoisotopic (exact) mass is 285 g/mol. The van der Waals surface area contributed by atoms with Gasteiger partial charge in [0.15, 0.2) is 0 Å². The zero-order chi connectivity index (χ0) is 14.8. The summed E-state index contributed by atoms with van der Waals surface area (Å²) in [6.07, 6.45) is 0. The van der Waals surface area contributed by atoms with Crippen LogP contribution in [-0.2, 0) is 9.53 Å². The van der Waals surface area contributed by atoms with Crippen molar-refractivity contribution in [3.63, 3.8) is 0 Å². The summed E-state index contributed by atoms with van der Waals surface area (Å²) in [5.41, 5.74) is -0.848. The van der Waals surface area contributed by atoms with Gasteiger partial charge in [0.05, 0.1) is 11.2 Å². The van der Waals surface area contributed by atoms with E-state index in [4.69, 9.17) is 4.74 Å². The van der Waals surface area contributed by atoms with E-state index in [1.165, 1.54) is 0 Å². The summed E-state index contributed by atoms with van der Waals surface area (Å²) in [6.45, 7) is 11.2. The van der Waals surface area contributed by atoms with Crippen molar-refractivity contribution in [1.29, 1.82) is 0 Å². The smallest absolute Gasteiger partial charge is 0.248 e. The molecule has 2 saturated heterocycles. The second kappa shape index (κ2) is 5.97. The molecule has 1 amide bonds. The van der Waals surface area contributed by atoms with E-state index in [9.17, 15) is 9.90 Å². The van der Waals surface area contributed by atoms with Gasteiger partial charge < -0.3 is 20.1 Å². The third-order valence-corrected chi connectivity index (χ3v) is 3.88. The maximum atomic E-state index is 12.1. The summed E-state index contributed by atoms with van der Waals surface area (Å²) >= 11 is 0. The normalized spacial score (nSPS) is 23.5. The molecule has 116 valence electrons. The van der Waals surface area contributed by atoms with E-state index in [0.717, 1.165) is 26.2 Å². The van der Waals surface area contributed by atoms with Crippen molar-refractivity contribution in [3.05, 3.63) is 0 Å². The fraction of sp³-hybridized carbons (Fsp3) is 0.929. The number of nitrogens with zero attached hydrogens (tertiary/aromatic N) is 2. The summed E-state index contributed by atoms with van der Waals surface area (Å²) in [7, 11) is 0. The number of amides is 1. The van der Waals surface area contributed by atoms with Gasteiger partial charge in [0.25, 0.3) is 0 Å². The van der Waals surface area contributed by atoms with Gasteiger partial charge in [0, 0.05) is 45.8 Å². The lowest BCUT2D eigenvalue weighted by Gasteiger charge is -2.40. The number of aliphatic hydroxyl groups is 1. The number of piperazine rings is 1. The molecule has 6 nitrogen and oxygen atoms in total. The van der Waals surface area contributed by atoms with Crippen molar-refractivity contribution < 1.29 is 14.6 Å². The van der Waals surface area contributed by atoms with E-state index in [-0.39, 0.29) is 18.1 Å². The molecule has 0 aromatic heterocycles. The highest BCUT2D eigenvalue weighted by Crippen LogP contribution is 2.15. The van der Waals surface area contributed by atoms with E-state index in [1.807, 2.05) is 25.7 Å². The molecule has 20 heavy (non-hydrogen) atoms. The van der Waals surface area contributed by atoms with E-state index in [0.29, 0.717) is 19.6 Å². The van der Waals surface area contributed by atoms with Gasteiger partial charge in [-0.25, -0.2) is 0 Å². The average molecular weight is 285 g/mol. The minimum absolute atomic E-state index is 0.0704. The first-order valence-electron chi connectivity index (χ1n) is 7.35. The van der Waals surface area contributed by atoms with Crippen molar-refractivity contribution >= 4 is 5.91 Å². The van der Waals surface area contributed by atoms with Gasteiger partial charge in [-0.15, -0.1) is 0 Å². The van der Waals surface area contributed by atoms with Crippen LogP contribution in [0, 0.1) is 0 Å². The van der Waals surface area contributed by atoms with Gasteiger partial charge in [0.1, 0.15) is 6.61 Å². The van der Waals surface area contributed by atoms with Gasteiger partial charge in [-0.3, -0.25) is 9.69 Å². The van der Waals surface area contributed by atoms with Crippen LogP contribution in [0.4, 0.5) is 0 Å². The Morgan fingerprint density at radius 1 is 1.30 bits per heavy atom. The topological polar surface area (TPSA) is 65.0 Å². The number of carbonyl (C=O) groups is 1. The molecule has 0 spiro atoms. The van der Waals surface area contributed by atoms with Crippen LogP contribution < -0.4 is 5.32 Å². The second-order valence-corrected chi connectivity index (χ2v) is 6.81. The minimum Gasteiger partial charge on any atom is -0.389 e. The number of carbonyl (C=O) groups excluding carboxylic acids is 1. The van der Waals surface area contributed by atoms with E-state index in [1.54, 1.807) is 0 Å². The largest absolute Gasteiger partial charge is 0.389 e. The highest BCUT2D eigenvalue weighted by atomic mass is 16.5. The predicted octanol–water partition coefficient (Wildman–Crippen LogP) is -0.720. The molecule has 2 aliphatic rings. The molecule has 0 aliphatic carbocycles. The molecule has 2 fully saturated rings. The molecule has 0 aromatic carbocycles. The van der Waals surface area contributed by atoms with Gasteiger partial charge in [0.2, 0.25) is 5.91 Å². The molecule has 0 unspecified atom stereocenters. The van der Waals surface area contributed by atoms with Crippen molar-refractivity contribution in [2.75, 3.05) is 52.4 Å². The van der Waals surface area contributed by atoms with E-state index in [2.05, 4.69) is 10.2 Å². The molecule has 0 atom stereocenters. The molecule has 6 heteroatoms. The Bertz CT molecular complexity index is 342. The fourth-order valence-corrected chi connectivity index (χ4v) is 2.61. The number of hydrogen-bond donors (Lipinski definition) is 2. The number of rotatable bonds is 5. The van der Waals surface area contributed by atoms with Crippen LogP contribution in [0.5, 0.6) is 0 Å². The number of β-amino-alcohol motifs (C(OH)–C–C–N with tert-alkyl or cyclic N) is 1. The SMILES string of the molecule is CC(C)(O)CN1CCN(C(=O)COC2(C)CNC2)CC1. The van der Waals surface area contributed by atoms with Crippen LogP contribution in [0.3, 0.4) is 0 Å². The van der Waals surface area contributed by atoms with Crippen LogP contribution >= 0.6 is 0 Å². The zero-order valence-electron chi connectivity index (χ0n) is 12.8. The number of hydrogen-bond acceptors (Lipinski definition) is 5. The van der Waals surface area contributed by atoms with Crippen molar-refractivity contribution in [1.82, 2.24) is 15.1 Å². The van der Waals surface area contributed by atoms with Gasteiger partial charge in [-0.1, -0.05) is 0 Å². The Kier molecular flexibility index (Phi) is 4.69. The molecular weight excluding hydrogens is 258 g/mol. The quantitative estimate of drug-likeness (QED) is 0.698. The number of nitrogens with one attached hydrogen (secondary N) is 1. The zero-order valence-corrected chi connectivity index (χ0v) is 12.8. The predicted molar refractivity (Wildman–Crippen MR) is 76.5 cm³/mol. The lowest BCUT2D eigenvalue weighted by atomic mass is 10.0. The molecule has 0 saturated carbocycles. The van der Waals surface area contributed by atoms with E-state index >= 15 is 0 Å². The van der Waals surface area contributed by atoms with Crippen LogP contribution in [0.15, 0.2) is 0 Å². The Balaban J connectivity index is 1.69. The van der Waals surface area contributed by atoms with E-state index < -0.39 is 5.60 Å². The maximum absolute atomic E-state index is 12.1. The van der Waals surface area contributed by atoms with Crippen LogP contribution in [0.1, 0.15) is 20.8 Å². The molecule has 0 radical (unpaired) electrons. The van der Waals surface area contributed by atoms with Gasteiger partial charge in [-0.05, 0) is 20.8 Å². The van der Waals surface area contributed by atoms with Gasteiger partial charge in [-0.2, -0.15) is 0 Å². The summed E-state index contributed by atoms with van der Waals surface area (Å²) in [5.74, 6) is 0.0704. The van der Waals surface area contributed by atoms with Crippen LogP contribution in [0.2, 0.25) is 0 Å². The average Bonchev–Trinajstić information content (AvgIpc) is 2.32. The molecule has 2 rings (SSSR count). The second-order valence-electron chi connectivity index (χ2n) is 6.81. The highest BCUT2D eigenvalue weighted by Gasteiger charge is 2.34. The first-order valence-corrected chi connectivity index (χ1v) is 7.35. The molecule has 0 aromatic rings. The summed E-state index contributed by atoms with van der Waals surface area (Å²) in [5, 5.41) is 13.0. The maximum Gasteiger partial charge on any atom is 0.248 e. The standard InChI is InChI=1S/C14H27N3O3/c1-13(2,19)11-16-4-6-17(7-5-16)12(18)8-20-14(3)9-15-10-14/h15,19H,4-11H2,1-3H3. The molecule has 0 bridgehead atoms. The lowest BCUT2D eigenvalue weighted by molar-refractivity contribution is -0.147. The Labute approximate surface area is 121 Å². The van der Waals surface area contributed by atoms with Crippen molar-refractivity contribution in [3.8, 4) is 0 Å². The molecule has 2 heterocycles. The van der Waals surface area contributed by atoms with Gasteiger partial charge >= 0.3 is 0 Å². The molecular formula is C14H27N3O3. The highest BCUT2D eigenvalue weighted by molar-refractivity contribution is 5.77. The van der Waals surface area contributed by atoms with Crippen LogP contribution in [-0.4, -0.2) is 84.4 Å². The van der Waals surface area contributed by atoms with Crippen molar-refractivity contribution in [2.45, 2.75) is 32.0 Å². The first-order chi connectivity index (χ1) is 9.27.